The molecule has 0 heterocycles. The first-order valence-corrected chi connectivity index (χ1v) is 20.3. The molecule has 0 aliphatic carbocycles. The molecule has 0 spiro atoms. The number of esters is 2. The molecular formula is C39H68NO8P. The number of rotatable bonds is 34. The van der Waals surface area contributed by atoms with Crippen LogP contribution in [0.25, 0.3) is 0 Å². The average Bonchev–Trinajstić information content (AvgIpc) is 3.08. The lowest BCUT2D eigenvalue weighted by molar-refractivity contribution is -0.161. The molecule has 0 bridgehead atoms. The predicted molar refractivity (Wildman–Crippen MR) is 201 cm³/mol. The van der Waals surface area contributed by atoms with Gasteiger partial charge in [0.05, 0.1) is 13.2 Å². The number of phosphoric ester groups is 1. The highest BCUT2D eigenvalue weighted by Crippen LogP contribution is 2.43. The van der Waals surface area contributed by atoms with E-state index in [1.54, 1.807) is 0 Å². The summed E-state index contributed by atoms with van der Waals surface area (Å²) in [6, 6.07) is 0. The van der Waals surface area contributed by atoms with Crippen molar-refractivity contribution in [2.75, 3.05) is 26.4 Å². The first kappa shape index (κ1) is 46.7. The molecule has 0 aromatic carbocycles. The zero-order chi connectivity index (χ0) is 36.1. The second-order valence-electron chi connectivity index (χ2n) is 12.1. The van der Waals surface area contributed by atoms with E-state index in [0.717, 1.165) is 89.9 Å². The normalized spacial score (nSPS) is 14.1. The van der Waals surface area contributed by atoms with E-state index in [4.69, 9.17) is 24.3 Å². The van der Waals surface area contributed by atoms with Gasteiger partial charge in [-0.15, -0.1) is 0 Å². The molecule has 3 N–H and O–H groups in total. The Hall–Kier alpha value is -2.29. The van der Waals surface area contributed by atoms with Crippen LogP contribution in [0, 0.1) is 0 Å². The molecule has 0 radical (unpaired) electrons. The zero-order valence-corrected chi connectivity index (χ0v) is 31.5. The van der Waals surface area contributed by atoms with Gasteiger partial charge in [0, 0.05) is 19.4 Å². The first-order valence-electron chi connectivity index (χ1n) is 18.8. The fourth-order valence-corrected chi connectivity index (χ4v) is 5.37. The van der Waals surface area contributed by atoms with Gasteiger partial charge in [0.1, 0.15) is 6.61 Å². The summed E-state index contributed by atoms with van der Waals surface area (Å²) >= 11 is 0. The van der Waals surface area contributed by atoms with Crippen LogP contribution in [0.4, 0.5) is 0 Å². The molecule has 49 heavy (non-hydrogen) atoms. The summed E-state index contributed by atoms with van der Waals surface area (Å²) in [5, 5.41) is 0. The molecule has 0 aliphatic heterocycles. The van der Waals surface area contributed by atoms with E-state index in [-0.39, 0.29) is 32.6 Å². The number of unbranched alkanes of at least 4 members (excludes halogenated alkanes) is 11. The van der Waals surface area contributed by atoms with Crippen molar-refractivity contribution in [1.82, 2.24) is 0 Å². The summed E-state index contributed by atoms with van der Waals surface area (Å²) in [4.78, 5) is 34.7. The molecule has 0 saturated heterocycles. The number of ether oxygens (including phenoxy) is 2. The van der Waals surface area contributed by atoms with E-state index in [9.17, 15) is 19.0 Å². The molecule has 0 amide bonds. The highest BCUT2D eigenvalue weighted by Gasteiger charge is 2.25. The molecule has 0 aromatic heterocycles. The van der Waals surface area contributed by atoms with E-state index in [1.807, 2.05) is 0 Å². The van der Waals surface area contributed by atoms with Crippen LogP contribution in [-0.2, 0) is 32.7 Å². The fraction of sp³-hybridized carbons (Fsp3) is 0.692. The predicted octanol–water partition coefficient (Wildman–Crippen LogP) is 10.2. The fourth-order valence-electron chi connectivity index (χ4n) is 4.60. The van der Waals surface area contributed by atoms with Crippen molar-refractivity contribution in [3.05, 3.63) is 60.8 Å². The monoisotopic (exact) mass is 709 g/mol. The third-order valence-corrected chi connectivity index (χ3v) is 8.37. The van der Waals surface area contributed by atoms with Crippen LogP contribution in [0.15, 0.2) is 60.8 Å². The van der Waals surface area contributed by atoms with Crippen LogP contribution >= 0.6 is 7.82 Å². The smallest absolute Gasteiger partial charge is 0.462 e. The Kier molecular flexibility index (Phi) is 33.9. The minimum Gasteiger partial charge on any atom is -0.462 e. The van der Waals surface area contributed by atoms with Gasteiger partial charge in [-0.25, -0.2) is 4.57 Å². The van der Waals surface area contributed by atoms with E-state index in [1.165, 1.54) is 12.8 Å². The Bertz CT molecular complexity index is 992. The molecular weight excluding hydrogens is 641 g/mol. The Labute approximate surface area is 298 Å². The van der Waals surface area contributed by atoms with Gasteiger partial charge >= 0.3 is 19.8 Å². The summed E-state index contributed by atoms with van der Waals surface area (Å²) < 4.78 is 32.6. The first-order chi connectivity index (χ1) is 23.8. The van der Waals surface area contributed by atoms with E-state index < -0.39 is 32.5 Å². The second kappa shape index (κ2) is 35.5. The third kappa shape index (κ3) is 35.3. The Balaban J connectivity index is 4.30. The van der Waals surface area contributed by atoms with Crippen LogP contribution in [0.1, 0.15) is 142 Å². The number of carbonyl (C=O) groups is 2. The molecule has 1 unspecified atom stereocenters. The second-order valence-corrected chi connectivity index (χ2v) is 13.5. The van der Waals surface area contributed by atoms with Gasteiger partial charge in [0.25, 0.3) is 0 Å². The molecule has 2 atom stereocenters. The Morgan fingerprint density at radius 3 is 1.69 bits per heavy atom. The van der Waals surface area contributed by atoms with Gasteiger partial charge in [-0.05, 0) is 70.6 Å². The van der Waals surface area contributed by atoms with Crippen LogP contribution in [0.5, 0.6) is 0 Å². The van der Waals surface area contributed by atoms with Crippen molar-refractivity contribution in [3.63, 3.8) is 0 Å². The number of hydrogen-bond donors (Lipinski definition) is 2. The minimum atomic E-state index is -4.38. The van der Waals surface area contributed by atoms with Crippen LogP contribution in [0.3, 0.4) is 0 Å². The van der Waals surface area contributed by atoms with Crippen molar-refractivity contribution in [2.24, 2.45) is 5.73 Å². The number of nitrogens with two attached hydrogens (primary N) is 1. The molecule has 0 fully saturated rings. The summed E-state index contributed by atoms with van der Waals surface area (Å²) in [6.45, 7) is 3.51. The Morgan fingerprint density at radius 2 is 1.12 bits per heavy atom. The number of hydrogen-bond acceptors (Lipinski definition) is 8. The van der Waals surface area contributed by atoms with Crippen molar-refractivity contribution in [2.45, 2.75) is 148 Å². The SMILES string of the molecule is CCC=CCC=CCC=CCC=CCCCCCCC(=O)O[C@H](COC(=O)CCCCCCCC=CCCCC)COP(=O)(O)OCCN. The molecule has 0 aromatic rings. The Morgan fingerprint density at radius 1 is 0.633 bits per heavy atom. The minimum absolute atomic E-state index is 0.0451. The summed E-state index contributed by atoms with van der Waals surface area (Å²) in [5.41, 5.74) is 5.32. The average molecular weight is 710 g/mol. The lowest BCUT2D eigenvalue weighted by Crippen LogP contribution is -2.29. The largest absolute Gasteiger partial charge is 0.472 e. The number of allylic oxidation sites excluding steroid dienone is 10. The van der Waals surface area contributed by atoms with E-state index in [0.29, 0.717) is 12.8 Å². The lowest BCUT2D eigenvalue weighted by Gasteiger charge is -2.19. The topological polar surface area (TPSA) is 134 Å². The maximum atomic E-state index is 12.5. The van der Waals surface area contributed by atoms with Crippen LogP contribution < -0.4 is 5.73 Å². The summed E-state index contributed by atoms with van der Waals surface area (Å²) in [7, 11) is -4.38. The van der Waals surface area contributed by atoms with E-state index in [2.05, 4.69) is 74.6 Å². The number of phosphoric acid groups is 1. The van der Waals surface area contributed by atoms with Crippen molar-refractivity contribution >= 4 is 19.8 Å². The molecule has 9 nitrogen and oxygen atoms in total. The van der Waals surface area contributed by atoms with Gasteiger partial charge in [0.2, 0.25) is 0 Å². The van der Waals surface area contributed by atoms with Crippen LogP contribution in [0.2, 0.25) is 0 Å². The lowest BCUT2D eigenvalue weighted by atomic mass is 10.1. The van der Waals surface area contributed by atoms with Crippen molar-refractivity contribution in [3.8, 4) is 0 Å². The number of carbonyl (C=O) groups excluding carboxylic acids is 2. The van der Waals surface area contributed by atoms with Crippen molar-refractivity contribution in [1.29, 1.82) is 0 Å². The third-order valence-electron chi connectivity index (χ3n) is 7.39. The van der Waals surface area contributed by atoms with E-state index >= 15 is 0 Å². The molecule has 10 heteroatoms. The summed E-state index contributed by atoms with van der Waals surface area (Å²) in [6.07, 6.45) is 39.7. The maximum absolute atomic E-state index is 12.5. The summed E-state index contributed by atoms with van der Waals surface area (Å²) in [5.74, 6) is -0.876. The van der Waals surface area contributed by atoms with Crippen molar-refractivity contribution < 1.29 is 37.6 Å². The highest BCUT2D eigenvalue weighted by molar-refractivity contribution is 7.47. The molecule has 0 saturated carbocycles. The quantitative estimate of drug-likeness (QED) is 0.0290. The van der Waals surface area contributed by atoms with Gasteiger partial charge in [-0.2, -0.15) is 0 Å². The van der Waals surface area contributed by atoms with Gasteiger partial charge in [0.15, 0.2) is 6.10 Å². The molecule has 282 valence electrons. The van der Waals surface area contributed by atoms with Gasteiger partial charge in [-0.1, -0.05) is 120 Å². The highest BCUT2D eigenvalue weighted by atomic mass is 31.2. The van der Waals surface area contributed by atoms with Crippen LogP contribution in [-0.4, -0.2) is 49.3 Å². The zero-order valence-electron chi connectivity index (χ0n) is 30.7. The molecule has 0 aliphatic rings. The van der Waals surface area contributed by atoms with Gasteiger partial charge in [-0.3, -0.25) is 18.6 Å². The molecule has 0 rings (SSSR count). The van der Waals surface area contributed by atoms with Gasteiger partial charge < -0.3 is 20.1 Å². The standard InChI is InChI=1S/C39H68NO8P/c1-3-5-7-9-11-13-15-16-17-18-19-20-22-24-26-28-30-32-39(42)48-37(36-47-49(43,44)46-34-33-40)35-45-38(41)31-29-27-25-23-21-14-12-10-8-6-4-2/h5,7,10-13,16-17,19-20,37H,3-4,6,8-9,14-15,18,21-36,40H2,1-2H3,(H,43,44)/t37-/m1/s1. The maximum Gasteiger partial charge on any atom is 0.472 e.